The second-order valence-electron chi connectivity index (χ2n) is 10.0. The summed E-state index contributed by atoms with van der Waals surface area (Å²) in [6.45, 7) is 0.542. The quantitative estimate of drug-likeness (QED) is 0.235. The summed E-state index contributed by atoms with van der Waals surface area (Å²) in [6, 6.07) is 24.1. The number of hydrogen-bond donors (Lipinski definition) is 1. The van der Waals surface area contributed by atoms with Crippen molar-refractivity contribution in [1.82, 2.24) is 10.2 Å². The molecular formula is C32H36Cl2N2O3. The maximum atomic E-state index is 13.8. The van der Waals surface area contributed by atoms with E-state index in [1.807, 2.05) is 60.7 Å². The molecule has 0 aliphatic heterocycles. The van der Waals surface area contributed by atoms with Gasteiger partial charge in [-0.15, -0.1) is 0 Å². The lowest BCUT2D eigenvalue weighted by atomic mass is 9.94. The van der Waals surface area contributed by atoms with E-state index in [-0.39, 0.29) is 30.8 Å². The van der Waals surface area contributed by atoms with E-state index in [2.05, 4.69) is 5.32 Å². The van der Waals surface area contributed by atoms with Crippen LogP contribution in [0.3, 0.4) is 0 Å². The third kappa shape index (κ3) is 8.74. The van der Waals surface area contributed by atoms with Crippen LogP contribution in [0.4, 0.5) is 0 Å². The Morgan fingerprint density at radius 2 is 1.51 bits per heavy atom. The summed E-state index contributed by atoms with van der Waals surface area (Å²) in [5.74, 6) is 0.489. The molecule has 0 saturated heterocycles. The number of carbonyl (C=O) groups is 2. The van der Waals surface area contributed by atoms with Crippen LogP contribution < -0.4 is 10.1 Å². The summed E-state index contributed by atoms with van der Waals surface area (Å²) in [7, 11) is 0. The maximum absolute atomic E-state index is 13.8. The van der Waals surface area contributed by atoms with Gasteiger partial charge in [0.1, 0.15) is 11.8 Å². The number of rotatable bonds is 12. The number of halogens is 2. The van der Waals surface area contributed by atoms with Gasteiger partial charge in [-0.05, 0) is 49.1 Å². The van der Waals surface area contributed by atoms with Crippen LogP contribution in [0, 0.1) is 0 Å². The Morgan fingerprint density at radius 3 is 2.18 bits per heavy atom. The van der Waals surface area contributed by atoms with Crippen molar-refractivity contribution in [2.45, 2.75) is 70.0 Å². The molecule has 3 aromatic carbocycles. The Kier molecular flexibility index (Phi) is 11.1. The van der Waals surface area contributed by atoms with Crippen molar-refractivity contribution < 1.29 is 14.3 Å². The second kappa shape index (κ2) is 14.9. The van der Waals surface area contributed by atoms with Gasteiger partial charge in [0.15, 0.2) is 0 Å². The molecule has 4 rings (SSSR count). The SMILES string of the molecule is O=C(NC1CCCCC1)[C@H](Cc1ccccc1)N(Cc1c(Cl)cccc1Cl)C(=O)CCCOc1ccccc1. The minimum atomic E-state index is -0.704. The fraction of sp³-hybridized carbons (Fsp3) is 0.375. The van der Waals surface area contributed by atoms with Crippen LogP contribution in [0.25, 0.3) is 0 Å². The molecule has 0 unspecified atom stereocenters. The van der Waals surface area contributed by atoms with Gasteiger partial charge < -0.3 is 15.0 Å². The van der Waals surface area contributed by atoms with Crippen molar-refractivity contribution in [2.75, 3.05) is 6.61 Å². The van der Waals surface area contributed by atoms with Gasteiger partial charge in [-0.25, -0.2) is 0 Å². The number of nitrogens with one attached hydrogen (secondary N) is 1. The second-order valence-corrected chi connectivity index (χ2v) is 10.9. The summed E-state index contributed by atoms with van der Waals surface area (Å²) in [6.07, 6.45) is 6.48. The molecule has 206 valence electrons. The fourth-order valence-corrected chi connectivity index (χ4v) is 5.54. The van der Waals surface area contributed by atoms with Gasteiger partial charge >= 0.3 is 0 Å². The molecule has 1 aliphatic rings. The topological polar surface area (TPSA) is 58.6 Å². The highest BCUT2D eigenvalue weighted by molar-refractivity contribution is 6.36. The van der Waals surface area contributed by atoms with E-state index in [9.17, 15) is 9.59 Å². The van der Waals surface area contributed by atoms with E-state index in [0.29, 0.717) is 35.1 Å². The van der Waals surface area contributed by atoms with E-state index in [1.165, 1.54) is 6.42 Å². The summed E-state index contributed by atoms with van der Waals surface area (Å²) in [5, 5.41) is 4.20. The molecule has 2 amide bonds. The molecule has 5 nitrogen and oxygen atoms in total. The molecule has 1 aliphatic carbocycles. The number of hydrogen-bond acceptors (Lipinski definition) is 3. The molecule has 39 heavy (non-hydrogen) atoms. The molecule has 0 heterocycles. The molecule has 1 saturated carbocycles. The first-order valence-electron chi connectivity index (χ1n) is 13.8. The fourth-order valence-electron chi connectivity index (χ4n) is 5.03. The standard InChI is InChI=1S/C32H36Cl2N2O3/c33-28-18-10-19-29(34)27(28)23-36(31(37)20-11-21-39-26-16-8-3-9-17-26)30(22-24-12-4-1-5-13-24)32(38)35-25-14-6-2-7-15-25/h1,3-5,8-10,12-13,16-19,25,30H,2,6-7,11,14-15,20-23H2,(H,35,38)/t30-/m0/s1. The van der Waals surface area contributed by atoms with Crippen molar-refractivity contribution >= 4 is 35.0 Å². The summed E-state index contributed by atoms with van der Waals surface area (Å²) >= 11 is 13.1. The van der Waals surface area contributed by atoms with E-state index in [1.54, 1.807) is 23.1 Å². The zero-order valence-electron chi connectivity index (χ0n) is 22.2. The van der Waals surface area contributed by atoms with Crippen molar-refractivity contribution in [3.05, 3.63) is 100 Å². The van der Waals surface area contributed by atoms with Crippen LogP contribution in [0.5, 0.6) is 5.75 Å². The molecule has 1 atom stereocenters. The van der Waals surface area contributed by atoms with Gasteiger partial charge in [-0.2, -0.15) is 0 Å². The van der Waals surface area contributed by atoms with Crippen LogP contribution in [-0.2, 0) is 22.6 Å². The summed E-state index contributed by atoms with van der Waals surface area (Å²) in [5.41, 5.74) is 1.62. The minimum absolute atomic E-state index is 0.129. The zero-order valence-corrected chi connectivity index (χ0v) is 23.7. The van der Waals surface area contributed by atoms with Crippen LogP contribution >= 0.6 is 23.2 Å². The smallest absolute Gasteiger partial charge is 0.243 e. The van der Waals surface area contributed by atoms with Gasteiger partial charge in [-0.3, -0.25) is 9.59 Å². The van der Waals surface area contributed by atoms with Crippen molar-refractivity contribution in [3.63, 3.8) is 0 Å². The average molecular weight is 568 g/mol. The molecule has 0 aromatic heterocycles. The first-order chi connectivity index (χ1) is 19.0. The third-order valence-corrected chi connectivity index (χ3v) is 7.87. The van der Waals surface area contributed by atoms with Crippen LogP contribution in [-0.4, -0.2) is 35.4 Å². The van der Waals surface area contributed by atoms with Crippen molar-refractivity contribution in [1.29, 1.82) is 0 Å². The predicted molar refractivity (Wildman–Crippen MR) is 157 cm³/mol. The lowest BCUT2D eigenvalue weighted by Gasteiger charge is -2.34. The average Bonchev–Trinajstić information content (AvgIpc) is 2.96. The number of ether oxygens (including phenoxy) is 1. The minimum Gasteiger partial charge on any atom is -0.494 e. The van der Waals surface area contributed by atoms with Gasteiger partial charge in [0.2, 0.25) is 11.8 Å². The molecule has 0 radical (unpaired) electrons. The zero-order chi connectivity index (χ0) is 27.5. The van der Waals surface area contributed by atoms with Gasteiger partial charge in [0.05, 0.1) is 6.61 Å². The highest BCUT2D eigenvalue weighted by Gasteiger charge is 2.32. The van der Waals surface area contributed by atoms with Crippen LogP contribution in [0.2, 0.25) is 10.0 Å². The first kappa shape index (κ1) is 29.0. The van der Waals surface area contributed by atoms with Crippen LogP contribution in [0.1, 0.15) is 56.1 Å². The molecular weight excluding hydrogens is 531 g/mol. The predicted octanol–water partition coefficient (Wildman–Crippen LogP) is 7.24. The highest BCUT2D eigenvalue weighted by Crippen LogP contribution is 2.28. The van der Waals surface area contributed by atoms with Gasteiger partial charge in [-0.1, -0.05) is 97.1 Å². The van der Waals surface area contributed by atoms with E-state index in [0.717, 1.165) is 37.0 Å². The third-order valence-electron chi connectivity index (χ3n) is 7.16. The number of benzene rings is 3. The molecule has 3 aromatic rings. The van der Waals surface area contributed by atoms with Gasteiger partial charge in [0, 0.05) is 41.0 Å². The molecule has 0 spiro atoms. The number of carbonyl (C=O) groups excluding carboxylic acids is 2. The molecule has 0 bridgehead atoms. The lowest BCUT2D eigenvalue weighted by molar-refractivity contribution is -0.141. The summed E-state index contributed by atoms with van der Waals surface area (Å²) in [4.78, 5) is 29.3. The van der Waals surface area contributed by atoms with Gasteiger partial charge in [0.25, 0.3) is 0 Å². The van der Waals surface area contributed by atoms with Crippen molar-refractivity contribution in [2.24, 2.45) is 0 Å². The Labute approximate surface area is 241 Å². The Balaban J connectivity index is 1.56. The van der Waals surface area contributed by atoms with E-state index in [4.69, 9.17) is 27.9 Å². The highest BCUT2D eigenvalue weighted by atomic mass is 35.5. The lowest BCUT2D eigenvalue weighted by Crippen LogP contribution is -2.52. The number of para-hydroxylation sites is 1. The normalized spacial score (nSPS) is 14.4. The first-order valence-corrected chi connectivity index (χ1v) is 14.5. The maximum Gasteiger partial charge on any atom is 0.243 e. The van der Waals surface area contributed by atoms with Crippen LogP contribution in [0.15, 0.2) is 78.9 Å². The molecule has 7 heteroatoms. The Hall–Kier alpha value is -3.02. The number of amides is 2. The molecule has 1 N–H and O–H groups in total. The monoisotopic (exact) mass is 566 g/mol. The van der Waals surface area contributed by atoms with Crippen molar-refractivity contribution in [3.8, 4) is 5.75 Å². The van der Waals surface area contributed by atoms with E-state index < -0.39 is 6.04 Å². The largest absolute Gasteiger partial charge is 0.494 e. The van der Waals surface area contributed by atoms with E-state index >= 15 is 0 Å². The summed E-state index contributed by atoms with van der Waals surface area (Å²) < 4.78 is 5.80. The Morgan fingerprint density at radius 1 is 0.872 bits per heavy atom. The Bertz CT molecular complexity index is 1180. The molecule has 1 fully saturated rings. The number of nitrogens with zero attached hydrogens (tertiary/aromatic N) is 1.